The van der Waals surface area contributed by atoms with Crippen molar-refractivity contribution >= 4 is 17.7 Å². The number of amides is 1. The van der Waals surface area contributed by atoms with Gasteiger partial charge in [-0.05, 0) is 42.9 Å². The smallest absolute Gasteiger partial charge is 0.230 e. The Morgan fingerprint density at radius 1 is 1.47 bits per heavy atom. The number of aromatic nitrogens is 1. The van der Waals surface area contributed by atoms with Crippen molar-refractivity contribution in [1.82, 2.24) is 10.3 Å². The quantitative estimate of drug-likeness (QED) is 0.759. The Balaban J connectivity index is 1.66. The molecule has 1 aromatic rings. The molecule has 0 radical (unpaired) electrons. The Bertz CT molecular complexity index is 396. The molecule has 1 aliphatic carbocycles. The fourth-order valence-corrected chi connectivity index (χ4v) is 2.85. The summed E-state index contributed by atoms with van der Waals surface area (Å²) in [5.74, 6) is 1.95. The molecule has 1 atom stereocenters. The molecule has 1 fully saturated rings. The molecule has 0 aromatic carbocycles. The maximum atomic E-state index is 11.8. The SMILES string of the molecule is O=C(CSCc1ccncc1)NC(CCO)C1CC1. The molecule has 5 heteroatoms. The number of carbonyl (C=O) groups excluding carboxylic acids is 1. The van der Waals surface area contributed by atoms with E-state index in [9.17, 15) is 4.79 Å². The van der Waals surface area contributed by atoms with Crippen LogP contribution in [0.2, 0.25) is 0 Å². The first kappa shape index (κ1) is 14.3. The lowest BCUT2D eigenvalue weighted by Gasteiger charge is -2.16. The van der Waals surface area contributed by atoms with Gasteiger partial charge in [-0.1, -0.05) is 0 Å². The third-order valence-corrected chi connectivity index (χ3v) is 4.23. The predicted molar refractivity (Wildman–Crippen MR) is 76.8 cm³/mol. The van der Waals surface area contributed by atoms with Crippen LogP contribution in [0.5, 0.6) is 0 Å². The van der Waals surface area contributed by atoms with Crippen molar-refractivity contribution in [3.63, 3.8) is 0 Å². The highest BCUT2D eigenvalue weighted by molar-refractivity contribution is 7.99. The summed E-state index contributed by atoms with van der Waals surface area (Å²) < 4.78 is 0. The first-order chi connectivity index (χ1) is 9.29. The Hall–Kier alpha value is -1.07. The second-order valence-electron chi connectivity index (χ2n) is 4.87. The molecule has 1 saturated carbocycles. The maximum Gasteiger partial charge on any atom is 0.230 e. The number of aliphatic hydroxyl groups excluding tert-OH is 1. The standard InChI is InChI=1S/C14H20N2O2S/c17-8-5-13(12-1-2-12)16-14(18)10-19-9-11-3-6-15-7-4-11/h3-4,6-7,12-13,17H,1-2,5,8-10H2,(H,16,18). The van der Waals surface area contributed by atoms with E-state index >= 15 is 0 Å². The summed E-state index contributed by atoms with van der Waals surface area (Å²) in [6, 6.07) is 4.09. The van der Waals surface area contributed by atoms with Gasteiger partial charge in [0.2, 0.25) is 5.91 Å². The zero-order valence-corrected chi connectivity index (χ0v) is 11.7. The van der Waals surface area contributed by atoms with E-state index in [1.165, 1.54) is 18.4 Å². The molecule has 104 valence electrons. The number of rotatable bonds is 8. The largest absolute Gasteiger partial charge is 0.396 e. The van der Waals surface area contributed by atoms with Crippen LogP contribution < -0.4 is 5.32 Å². The van der Waals surface area contributed by atoms with Gasteiger partial charge in [0, 0.05) is 30.8 Å². The average Bonchev–Trinajstić information content (AvgIpc) is 3.24. The number of carbonyl (C=O) groups is 1. The molecule has 0 bridgehead atoms. The van der Waals surface area contributed by atoms with Crippen LogP contribution in [0.15, 0.2) is 24.5 Å². The van der Waals surface area contributed by atoms with Crippen molar-refractivity contribution < 1.29 is 9.90 Å². The van der Waals surface area contributed by atoms with Crippen molar-refractivity contribution in [2.75, 3.05) is 12.4 Å². The normalized spacial score (nSPS) is 16.1. The highest BCUT2D eigenvalue weighted by Crippen LogP contribution is 2.33. The van der Waals surface area contributed by atoms with Gasteiger partial charge in [0.25, 0.3) is 0 Å². The number of pyridine rings is 1. The molecule has 2 rings (SSSR count). The highest BCUT2D eigenvalue weighted by Gasteiger charge is 2.31. The summed E-state index contributed by atoms with van der Waals surface area (Å²) >= 11 is 1.60. The van der Waals surface area contributed by atoms with Gasteiger partial charge in [-0.15, -0.1) is 11.8 Å². The second-order valence-corrected chi connectivity index (χ2v) is 5.86. The fourth-order valence-electron chi connectivity index (χ4n) is 2.05. The summed E-state index contributed by atoms with van der Waals surface area (Å²) in [7, 11) is 0. The van der Waals surface area contributed by atoms with Crippen molar-refractivity contribution in [1.29, 1.82) is 0 Å². The molecule has 1 unspecified atom stereocenters. The molecule has 1 heterocycles. The van der Waals surface area contributed by atoms with Gasteiger partial charge >= 0.3 is 0 Å². The van der Waals surface area contributed by atoms with Crippen LogP contribution in [-0.4, -0.2) is 34.4 Å². The van der Waals surface area contributed by atoms with E-state index < -0.39 is 0 Å². The lowest BCUT2D eigenvalue weighted by molar-refractivity contribution is -0.119. The van der Waals surface area contributed by atoms with Crippen LogP contribution in [-0.2, 0) is 10.5 Å². The minimum Gasteiger partial charge on any atom is -0.396 e. The molecular formula is C14H20N2O2S. The molecule has 1 amide bonds. The van der Waals surface area contributed by atoms with Crippen LogP contribution in [0, 0.1) is 5.92 Å². The van der Waals surface area contributed by atoms with E-state index in [-0.39, 0.29) is 18.6 Å². The number of aliphatic hydroxyl groups is 1. The number of nitrogens with one attached hydrogen (secondary N) is 1. The Morgan fingerprint density at radius 3 is 2.84 bits per heavy atom. The van der Waals surface area contributed by atoms with Crippen LogP contribution in [0.4, 0.5) is 0 Å². The summed E-state index contributed by atoms with van der Waals surface area (Å²) in [5, 5.41) is 12.0. The zero-order valence-electron chi connectivity index (χ0n) is 10.9. The molecule has 0 saturated heterocycles. The van der Waals surface area contributed by atoms with E-state index in [4.69, 9.17) is 5.11 Å². The van der Waals surface area contributed by atoms with Gasteiger partial charge in [-0.2, -0.15) is 0 Å². The fraction of sp³-hybridized carbons (Fsp3) is 0.571. The topological polar surface area (TPSA) is 62.2 Å². The van der Waals surface area contributed by atoms with E-state index in [0.29, 0.717) is 18.1 Å². The first-order valence-electron chi connectivity index (χ1n) is 6.66. The predicted octanol–water partition coefficient (Wildman–Crippen LogP) is 1.59. The third-order valence-electron chi connectivity index (χ3n) is 3.23. The van der Waals surface area contributed by atoms with Gasteiger partial charge in [0.15, 0.2) is 0 Å². The van der Waals surface area contributed by atoms with Gasteiger partial charge in [0.05, 0.1) is 5.75 Å². The Labute approximate surface area is 118 Å². The third kappa shape index (κ3) is 5.20. The van der Waals surface area contributed by atoms with Gasteiger partial charge in [0.1, 0.15) is 0 Å². The molecule has 0 aliphatic heterocycles. The summed E-state index contributed by atoms with van der Waals surface area (Å²) in [6.45, 7) is 0.144. The Morgan fingerprint density at radius 2 is 2.21 bits per heavy atom. The number of nitrogens with zero attached hydrogens (tertiary/aromatic N) is 1. The van der Waals surface area contributed by atoms with Crippen molar-refractivity contribution in [3.8, 4) is 0 Å². The average molecular weight is 280 g/mol. The summed E-state index contributed by atoms with van der Waals surface area (Å²) in [6.07, 6.45) is 6.55. The van der Waals surface area contributed by atoms with Crippen molar-refractivity contribution in [2.45, 2.75) is 31.1 Å². The van der Waals surface area contributed by atoms with Gasteiger partial charge in [-0.25, -0.2) is 0 Å². The van der Waals surface area contributed by atoms with E-state index in [1.807, 2.05) is 12.1 Å². The van der Waals surface area contributed by atoms with Crippen LogP contribution in [0.1, 0.15) is 24.8 Å². The van der Waals surface area contributed by atoms with Gasteiger partial charge in [-0.3, -0.25) is 9.78 Å². The second kappa shape index (κ2) is 7.50. The van der Waals surface area contributed by atoms with Gasteiger partial charge < -0.3 is 10.4 Å². The molecular weight excluding hydrogens is 260 g/mol. The molecule has 2 N–H and O–H groups in total. The number of hydrogen-bond donors (Lipinski definition) is 2. The minimum absolute atomic E-state index is 0.0735. The lowest BCUT2D eigenvalue weighted by atomic mass is 10.1. The monoisotopic (exact) mass is 280 g/mol. The number of hydrogen-bond acceptors (Lipinski definition) is 4. The van der Waals surface area contributed by atoms with E-state index in [2.05, 4.69) is 10.3 Å². The Kier molecular flexibility index (Phi) is 5.66. The van der Waals surface area contributed by atoms with Crippen LogP contribution in [0.3, 0.4) is 0 Å². The van der Waals surface area contributed by atoms with Crippen molar-refractivity contribution in [3.05, 3.63) is 30.1 Å². The lowest BCUT2D eigenvalue weighted by Crippen LogP contribution is -2.38. The van der Waals surface area contributed by atoms with Crippen LogP contribution >= 0.6 is 11.8 Å². The van der Waals surface area contributed by atoms with Crippen molar-refractivity contribution in [2.24, 2.45) is 5.92 Å². The molecule has 19 heavy (non-hydrogen) atoms. The minimum atomic E-state index is 0.0735. The molecule has 1 aromatic heterocycles. The summed E-state index contributed by atoms with van der Waals surface area (Å²) in [4.78, 5) is 15.8. The molecule has 4 nitrogen and oxygen atoms in total. The maximum absolute atomic E-state index is 11.8. The molecule has 1 aliphatic rings. The number of thioether (sulfide) groups is 1. The van der Waals surface area contributed by atoms with E-state index in [1.54, 1.807) is 24.2 Å². The summed E-state index contributed by atoms with van der Waals surface area (Å²) in [5.41, 5.74) is 1.18. The highest BCUT2D eigenvalue weighted by atomic mass is 32.2. The zero-order chi connectivity index (χ0) is 13.5. The first-order valence-corrected chi connectivity index (χ1v) is 7.82. The molecule has 0 spiro atoms. The van der Waals surface area contributed by atoms with Crippen LogP contribution in [0.25, 0.3) is 0 Å². The van der Waals surface area contributed by atoms with E-state index in [0.717, 1.165) is 5.75 Å².